The summed E-state index contributed by atoms with van der Waals surface area (Å²) < 4.78 is 12.5. The summed E-state index contributed by atoms with van der Waals surface area (Å²) in [6, 6.07) is 41.3. The summed E-state index contributed by atoms with van der Waals surface area (Å²) in [5.74, 6) is -0.889. The number of esters is 1. The van der Waals surface area contributed by atoms with Crippen LogP contribution in [0, 0.1) is 5.92 Å². The number of benzene rings is 5. The quantitative estimate of drug-likeness (QED) is 0.112. The highest BCUT2D eigenvalue weighted by molar-refractivity contribution is 5.94. The lowest BCUT2D eigenvalue weighted by molar-refractivity contribution is -0.156. The van der Waals surface area contributed by atoms with E-state index < -0.39 is 23.7 Å². The first kappa shape index (κ1) is 33.2. The largest absolute Gasteiger partial charge is 0.449 e. The number of nitrogens with one attached hydrogen (secondary N) is 2. The van der Waals surface area contributed by atoms with Crippen LogP contribution in [0.15, 0.2) is 133 Å². The molecule has 0 saturated carbocycles. The van der Waals surface area contributed by atoms with Gasteiger partial charge in [0.25, 0.3) is 5.91 Å². The van der Waals surface area contributed by atoms with Gasteiger partial charge in [-0.2, -0.15) is 0 Å². The van der Waals surface area contributed by atoms with E-state index in [0.717, 1.165) is 22.3 Å². The molecule has 5 aromatic rings. The van der Waals surface area contributed by atoms with Crippen molar-refractivity contribution in [3.8, 4) is 11.1 Å². The Balaban J connectivity index is 1.30. The highest BCUT2D eigenvalue weighted by atomic mass is 16.6. The van der Waals surface area contributed by atoms with Gasteiger partial charge in [-0.05, 0) is 46.7 Å². The first-order valence-electron chi connectivity index (χ1n) is 16.6. The minimum Gasteiger partial charge on any atom is -0.449 e. The van der Waals surface area contributed by atoms with Crippen molar-refractivity contribution in [2.45, 2.75) is 37.8 Å². The van der Waals surface area contributed by atoms with E-state index in [1.165, 1.54) is 0 Å². The van der Waals surface area contributed by atoms with Crippen LogP contribution in [0.25, 0.3) is 11.1 Å². The van der Waals surface area contributed by atoms with Crippen LogP contribution in [-0.4, -0.2) is 37.7 Å². The first-order valence-corrected chi connectivity index (χ1v) is 16.6. The van der Waals surface area contributed by atoms with Crippen molar-refractivity contribution < 1.29 is 23.9 Å². The van der Waals surface area contributed by atoms with Crippen molar-refractivity contribution >= 4 is 18.0 Å². The van der Waals surface area contributed by atoms with E-state index in [-0.39, 0.29) is 24.3 Å². The van der Waals surface area contributed by atoms with Gasteiger partial charge in [0.15, 0.2) is 5.60 Å². The van der Waals surface area contributed by atoms with Crippen LogP contribution < -0.4 is 10.6 Å². The highest BCUT2D eigenvalue weighted by Crippen LogP contribution is 2.45. The molecule has 7 heteroatoms. The topological polar surface area (TPSA) is 93.7 Å². The molecular weight excluding hydrogens is 612 g/mol. The van der Waals surface area contributed by atoms with Gasteiger partial charge in [-0.25, -0.2) is 9.59 Å². The number of ether oxygens (including phenoxy) is 2. The molecule has 0 unspecified atom stereocenters. The molecule has 0 spiro atoms. The van der Waals surface area contributed by atoms with Crippen molar-refractivity contribution in [3.63, 3.8) is 0 Å². The molecule has 248 valence electrons. The fourth-order valence-corrected chi connectivity index (χ4v) is 6.71. The summed E-state index contributed by atoms with van der Waals surface area (Å²) in [4.78, 5) is 40.2. The molecule has 0 aromatic heterocycles. The van der Waals surface area contributed by atoms with E-state index in [2.05, 4.69) is 34.9 Å². The number of rotatable bonds is 11. The third kappa shape index (κ3) is 6.83. The molecule has 0 heterocycles. The Morgan fingerprint density at radius 1 is 0.673 bits per heavy atom. The second kappa shape index (κ2) is 14.6. The lowest BCUT2D eigenvalue weighted by Gasteiger charge is -2.36. The molecule has 2 amide bonds. The standard InChI is InChI=1S/C42H40N2O5/c1-28(2)26-38(44-41(47)48-27-37-35-20-12-10-18-33(35)34-19-11-13-21-36(34)37)40(46)49-42(30-14-6-4-7-15-30,31-16-8-5-9-17-31)32-24-22-29(23-25-32)39(45)43-3/h4-25,28,37-38H,26-27H2,1-3H3,(H,43,45)(H,44,47)/t38-/m1/s1. The summed E-state index contributed by atoms with van der Waals surface area (Å²) in [6.07, 6.45) is -0.359. The molecule has 2 N–H and O–H groups in total. The normalized spacial score (nSPS) is 12.8. The molecule has 0 radical (unpaired) electrons. The molecule has 49 heavy (non-hydrogen) atoms. The Labute approximate surface area is 287 Å². The number of fused-ring (bicyclic) bond motifs is 3. The summed E-state index contributed by atoms with van der Waals surface area (Å²) in [5.41, 5.74) is 5.64. The fourth-order valence-electron chi connectivity index (χ4n) is 6.71. The minimum absolute atomic E-state index is 0.0566. The molecule has 1 atom stereocenters. The van der Waals surface area contributed by atoms with Crippen molar-refractivity contribution in [3.05, 3.63) is 167 Å². The molecular formula is C42H40N2O5. The summed E-state index contributed by atoms with van der Waals surface area (Å²) >= 11 is 0. The average Bonchev–Trinajstić information content (AvgIpc) is 3.46. The summed E-state index contributed by atoms with van der Waals surface area (Å²) in [7, 11) is 1.58. The maximum Gasteiger partial charge on any atom is 0.407 e. The minimum atomic E-state index is -1.39. The van der Waals surface area contributed by atoms with Gasteiger partial charge in [-0.1, -0.05) is 135 Å². The lowest BCUT2D eigenvalue weighted by Crippen LogP contribution is -2.47. The maximum atomic E-state index is 14.4. The molecule has 0 saturated heterocycles. The van der Waals surface area contributed by atoms with Gasteiger partial charge in [0.05, 0.1) is 0 Å². The Morgan fingerprint density at radius 3 is 1.67 bits per heavy atom. The second-order valence-electron chi connectivity index (χ2n) is 12.6. The Morgan fingerprint density at radius 2 is 1.16 bits per heavy atom. The molecule has 0 fully saturated rings. The zero-order chi connectivity index (χ0) is 34.4. The maximum absolute atomic E-state index is 14.4. The van der Waals surface area contributed by atoms with Crippen LogP contribution in [0.5, 0.6) is 0 Å². The van der Waals surface area contributed by atoms with E-state index >= 15 is 0 Å². The molecule has 1 aliphatic carbocycles. The third-order valence-corrected chi connectivity index (χ3v) is 9.02. The van der Waals surface area contributed by atoms with Gasteiger partial charge in [0, 0.05) is 35.2 Å². The van der Waals surface area contributed by atoms with E-state index in [4.69, 9.17) is 9.47 Å². The van der Waals surface area contributed by atoms with Gasteiger partial charge in [0.2, 0.25) is 0 Å². The Bertz CT molecular complexity index is 1840. The summed E-state index contributed by atoms with van der Waals surface area (Å²) in [5, 5.41) is 5.49. The van der Waals surface area contributed by atoms with Gasteiger partial charge < -0.3 is 20.1 Å². The molecule has 7 nitrogen and oxygen atoms in total. The van der Waals surface area contributed by atoms with Crippen molar-refractivity contribution in [2.75, 3.05) is 13.7 Å². The number of carbonyl (C=O) groups excluding carboxylic acids is 3. The molecule has 6 rings (SSSR count). The van der Waals surface area contributed by atoms with Gasteiger partial charge in [-0.15, -0.1) is 0 Å². The van der Waals surface area contributed by atoms with Crippen LogP contribution in [0.1, 0.15) is 64.4 Å². The van der Waals surface area contributed by atoms with Crippen molar-refractivity contribution in [1.29, 1.82) is 0 Å². The SMILES string of the molecule is CNC(=O)c1ccc(C(OC(=O)[C@@H](CC(C)C)NC(=O)OCC2c3ccccc3-c3ccccc32)(c2ccccc2)c2ccccc2)cc1. The molecule has 0 aliphatic heterocycles. The van der Waals surface area contributed by atoms with Crippen LogP contribution in [0.4, 0.5) is 4.79 Å². The monoisotopic (exact) mass is 652 g/mol. The molecule has 5 aromatic carbocycles. The van der Waals surface area contributed by atoms with Crippen LogP contribution >= 0.6 is 0 Å². The molecule has 1 aliphatic rings. The number of carbonyl (C=O) groups is 3. The highest BCUT2D eigenvalue weighted by Gasteiger charge is 2.42. The fraction of sp³-hybridized carbons (Fsp3) is 0.214. The lowest BCUT2D eigenvalue weighted by atomic mass is 9.79. The number of hydrogen-bond donors (Lipinski definition) is 2. The second-order valence-corrected chi connectivity index (χ2v) is 12.6. The van der Waals surface area contributed by atoms with E-state index in [0.29, 0.717) is 28.7 Å². The van der Waals surface area contributed by atoms with E-state index in [1.807, 2.05) is 98.8 Å². The smallest absolute Gasteiger partial charge is 0.407 e. The van der Waals surface area contributed by atoms with Gasteiger partial charge >= 0.3 is 12.1 Å². The Kier molecular flexibility index (Phi) is 9.90. The van der Waals surface area contributed by atoms with Crippen LogP contribution in [-0.2, 0) is 19.9 Å². The zero-order valence-electron chi connectivity index (χ0n) is 27.9. The summed E-state index contributed by atoms with van der Waals surface area (Å²) in [6.45, 7) is 4.09. The number of amides is 2. The van der Waals surface area contributed by atoms with Crippen LogP contribution in [0.2, 0.25) is 0 Å². The van der Waals surface area contributed by atoms with Crippen LogP contribution in [0.3, 0.4) is 0 Å². The number of hydrogen-bond acceptors (Lipinski definition) is 5. The van der Waals surface area contributed by atoms with Gasteiger partial charge in [0.1, 0.15) is 12.6 Å². The van der Waals surface area contributed by atoms with E-state index in [9.17, 15) is 14.4 Å². The molecule has 0 bridgehead atoms. The number of alkyl carbamates (subject to hydrolysis) is 1. The van der Waals surface area contributed by atoms with E-state index in [1.54, 1.807) is 31.3 Å². The van der Waals surface area contributed by atoms with Gasteiger partial charge in [-0.3, -0.25) is 4.79 Å². The average molecular weight is 653 g/mol. The Hall–Kier alpha value is -5.69. The first-order chi connectivity index (χ1) is 23.8. The van der Waals surface area contributed by atoms with Crippen molar-refractivity contribution in [2.24, 2.45) is 5.92 Å². The zero-order valence-corrected chi connectivity index (χ0v) is 27.9. The predicted molar refractivity (Wildman–Crippen MR) is 190 cm³/mol. The van der Waals surface area contributed by atoms with Crippen molar-refractivity contribution in [1.82, 2.24) is 10.6 Å². The predicted octanol–water partition coefficient (Wildman–Crippen LogP) is 7.83. The third-order valence-electron chi connectivity index (χ3n) is 9.02.